The van der Waals surface area contributed by atoms with Crippen molar-refractivity contribution < 1.29 is 28.6 Å². The Morgan fingerprint density at radius 3 is 2.00 bits per heavy atom. The van der Waals surface area contributed by atoms with Crippen molar-refractivity contribution in [2.45, 2.75) is 64.7 Å². The van der Waals surface area contributed by atoms with Gasteiger partial charge in [0.2, 0.25) is 11.4 Å². The Bertz CT molecular complexity index is 973. The standard InChI is InChI=1S/C28H39NO6Si/c1-6-33-26(31)28(29-22(3)30,27(32)34-7-2)19-18-23-14-16-24(17-15-23)35-20-11-21-36(4,5)25-12-9-8-10-13-25/h8-10,12-17H,6-7,11,18-21H2,1-5H3,(H,29,30). The summed E-state index contributed by atoms with van der Waals surface area (Å²) in [6.45, 7) is 10.1. The van der Waals surface area contributed by atoms with Crippen LogP contribution in [-0.2, 0) is 30.3 Å². The molecule has 0 spiro atoms. The molecule has 0 bridgehead atoms. The fraction of sp³-hybridized carbons (Fsp3) is 0.464. The van der Waals surface area contributed by atoms with Crippen molar-refractivity contribution in [3.63, 3.8) is 0 Å². The lowest BCUT2D eigenvalue weighted by molar-refractivity contribution is -0.168. The van der Waals surface area contributed by atoms with E-state index in [4.69, 9.17) is 14.2 Å². The van der Waals surface area contributed by atoms with Crippen LogP contribution in [0.25, 0.3) is 0 Å². The first-order valence-corrected chi connectivity index (χ1v) is 15.8. The van der Waals surface area contributed by atoms with Gasteiger partial charge in [0.15, 0.2) is 0 Å². The number of carbonyl (C=O) groups is 3. The zero-order chi connectivity index (χ0) is 26.6. The summed E-state index contributed by atoms with van der Waals surface area (Å²) in [7, 11) is -1.48. The van der Waals surface area contributed by atoms with Crippen LogP contribution < -0.4 is 15.2 Å². The number of amides is 1. The minimum atomic E-state index is -1.89. The van der Waals surface area contributed by atoms with Gasteiger partial charge in [0.1, 0.15) is 5.75 Å². The second-order valence-electron chi connectivity index (χ2n) is 9.37. The molecule has 0 aromatic heterocycles. The SMILES string of the molecule is CCOC(=O)C(CCc1ccc(OCCC[Si](C)(C)c2ccccc2)cc1)(NC(C)=O)C(=O)OCC. The topological polar surface area (TPSA) is 90.9 Å². The molecule has 36 heavy (non-hydrogen) atoms. The van der Waals surface area contributed by atoms with E-state index in [9.17, 15) is 14.4 Å². The molecular formula is C28H39NO6Si. The number of esters is 2. The smallest absolute Gasteiger partial charge is 0.343 e. The molecule has 0 radical (unpaired) electrons. The molecule has 8 heteroatoms. The van der Waals surface area contributed by atoms with Gasteiger partial charge in [-0.15, -0.1) is 0 Å². The third-order valence-corrected chi connectivity index (χ3v) is 9.62. The van der Waals surface area contributed by atoms with E-state index in [1.807, 2.05) is 30.3 Å². The molecule has 2 aromatic carbocycles. The van der Waals surface area contributed by atoms with Gasteiger partial charge in [-0.25, -0.2) is 9.59 Å². The molecule has 196 valence electrons. The van der Waals surface area contributed by atoms with Crippen molar-refractivity contribution >= 4 is 31.1 Å². The monoisotopic (exact) mass is 513 g/mol. The lowest BCUT2D eigenvalue weighted by Crippen LogP contribution is -2.61. The molecule has 0 atom stereocenters. The van der Waals surface area contributed by atoms with Crippen LogP contribution in [0, 0.1) is 0 Å². The molecular weight excluding hydrogens is 474 g/mol. The van der Waals surface area contributed by atoms with Crippen LogP contribution in [0.1, 0.15) is 39.2 Å². The molecule has 7 nitrogen and oxygen atoms in total. The minimum absolute atomic E-state index is 0.0175. The first kappa shape index (κ1) is 29.1. The van der Waals surface area contributed by atoms with E-state index in [-0.39, 0.29) is 19.6 Å². The summed E-state index contributed by atoms with van der Waals surface area (Å²) >= 11 is 0. The molecule has 0 unspecified atom stereocenters. The maximum Gasteiger partial charge on any atom is 0.343 e. The predicted molar refractivity (Wildman–Crippen MR) is 143 cm³/mol. The normalized spacial score (nSPS) is 11.5. The van der Waals surface area contributed by atoms with Crippen molar-refractivity contribution in [1.82, 2.24) is 5.32 Å². The summed E-state index contributed by atoms with van der Waals surface area (Å²) in [5, 5.41) is 3.95. The summed E-state index contributed by atoms with van der Waals surface area (Å²) < 4.78 is 16.2. The Labute approximate surface area is 215 Å². The molecule has 0 aliphatic rings. The highest BCUT2D eigenvalue weighted by Crippen LogP contribution is 2.22. The van der Waals surface area contributed by atoms with E-state index >= 15 is 0 Å². The van der Waals surface area contributed by atoms with Gasteiger partial charge in [0, 0.05) is 6.92 Å². The minimum Gasteiger partial charge on any atom is -0.494 e. The number of nitrogens with one attached hydrogen (secondary N) is 1. The third-order valence-electron chi connectivity index (χ3n) is 6.12. The summed E-state index contributed by atoms with van der Waals surface area (Å²) in [6, 6.07) is 19.4. The Morgan fingerprint density at radius 2 is 1.47 bits per heavy atom. The predicted octanol–water partition coefficient (Wildman–Crippen LogP) is 4.00. The fourth-order valence-corrected chi connectivity index (χ4v) is 6.49. The average molecular weight is 514 g/mol. The Kier molecular flexibility index (Phi) is 11.2. The van der Waals surface area contributed by atoms with Crippen LogP contribution >= 0.6 is 0 Å². The Hall–Kier alpha value is -3.13. The van der Waals surface area contributed by atoms with Gasteiger partial charge in [0.05, 0.1) is 27.9 Å². The average Bonchev–Trinajstić information content (AvgIpc) is 2.85. The summed E-state index contributed by atoms with van der Waals surface area (Å²) in [5.41, 5.74) is -0.995. The van der Waals surface area contributed by atoms with Crippen LogP contribution in [0.3, 0.4) is 0 Å². The summed E-state index contributed by atoms with van der Waals surface area (Å²) in [4.78, 5) is 37.4. The third kappa shape index (κ3) is 8.22. The van der Waals surface area contributed by atoms with E-state index in [0.29, 0.717) is 13.0 Å². The van der Waals surface area contributed by atoms with Gasteiger partial charge < -0.3 is 19.5 Å². The Morgan fingerprint density at radius 1 is 0.889 bits per heavy atom. The van der Waals surface area contributed by atoms with Crippen LogP contribution in [0.5, 0.6) is 5.75 Å². The number of ether oxygens (including phenoxy) is 3. The zero-order valence-electron chi connectivity index (χ0n) is 22.1. The van der Waals surface area contributed by atoms with Crippen molar-refractivity contribution in [3.05, 3.63) is 60.2 Å². The number of hydrogen-bond donors (Lipinski definition) is 1. The molecule has 0 aliphatic heterocycles. The molecule has 1 N–H and O–H groups in total. The maximum absolute atomic E-state index is 12.7. The second-order valence-corrected chi connectivity index (χ2v) is 14.2. The highest BCUT2D eigenvalue weighted by molar-refractivity contribution is 6.89. The lowest BCUT2D eigenvalue weighted by Gasteiger charge is -2.29. The fourth-order valence-electron chi connectivity index (χ4n) is 4.08. The van der Waals surface area contributed by atoms with Gasteiger partial charge in [-0.3, -0.25) is 4.79 Å². The van der Waals surface area contributed by atoms with Gasteiger partial charge in [0.25, 0.3) is 0 Å². The first-order chi connectivity index (χ1) is 17.1. The van der Waals surface area contributed by atoms with Gasteiger partial charge in [-0.1, -0.05) is 66.8 Å². The molecule has 0 aliphatic carbocycles. The van der Waals surface area contributed by atoms with Gasteiger partial charge >= 0.3 is 11.9 Å². The highest BCUT2D eigenvalue weighted by Gasteiger charge is 2.49. The molecule has 0 saturated heterocycles. The van der Waals surface area contributed by atoms with Crippen molar-refractivity contribution in [1.29, 1.82) is 0 Å². The van der Waals surface area contributed by atoms with Gasteiger partial charge in [-0.2, -0.15) is 0 Å². The van der Waals surface area contributed by atoms with Crippen LogP contribution in [-0.4, -0.2) is 51.3 Å². The molecule has 2 aromatic rings. The van der Waals surface area contributed by atoms with Crippen molar-refractivity contribution in [2.24, 2.45) is 0 Å². The molecule has 0 heterocycles. The summed E-state index contributed by atoms with van der Waals surface area (Å²) in [5.74, 6) is -1.39. The largest absolute Gasteiger partial charge is 0.494 e. The summed E-state index contributed by atoms with van der Waals surface area (Å²) in [6.07, 6.45) is 1.35. The van der Waals surface area contributed by atoms with Crippen molar-refractivity contribution in [3.8, 4) is 5.75 Å². The van der Waals surface area contributed by atoms with E-state index in [1.165, 1.54) is 12.1 Å². The van der Waals surface area contributed by atoms with Crippen LogP contribution in [0.4, 0.5) is 0 Å². The van der Waals surface area contributed by atoms with Crippen LogP contribution in [0.2, 0.25) is 19.1 Å². The second kappa shape index (κ2) is 13.8. The molecule has 2 rings (SSSR count). The number of hydrogen-bond acceptors (Lipinski definition) is 6. The van der Waals surface area contributed by atoms with Gasteiger partial charge in [-0.05, 0) is 50.8 Å². The first-order valence-electron chi connectivity index (χ1n) is 12.5. The highest BCUT2D eigenvalue weighted by atomic mass is 28.3. The number of aryl methyl sites for hydroxylation is 1. The zero-order valence-corrected chi connectivity index (χ0v) is 23.1. The molecule has 1 amide bonds. The van der Waals surface area contributed by atoms with Crippen LogP contribution in [0.15, 0.2) is 54.6 Å². The Balaban J connectivity index is 1.97. The number of rotatable bonds is 14. The molecule has 0 fully saturated rings. The maximum atomic E-state index is 12.7. The van der Waals surface area contributed by atoms with E-state index in [0.717, 1.165) is 23.8 Å². The van der Waals surface area contributed by atoms with Crippen molar-refractivity contribution in [2.75, 3.05) is 19.8 Å². The lowest BCUT2D eigenvalue weighted by atomic mass is 9.90. The number of carbonyl (C=O) groups excluding carboxylic acids is 3. The molecule has 0 saturated carbocycles. The quantitative estimate of drug-likeness (QED) is 0.178. The van der Waals surface area contributed by atoms with E-state index < -0.39 is 31.5 Å². The van der Waals surface area contributed by atoms with E-state index in [2.05, 4.69) is 42.7 Å². The van der Waals surface area contributed by atoms with E-state index in [1.54, 1.807) is 13.8 Å². The number of benzene rings is 2.